The first-order valence-electron chi connectivity index (χ1n) is 10.2. The first-order valence-corrected chi connectivity index (χ1v) is 12.0. The Hall–Kier alpha value is -2.09. The van der Waals surface area contributed by atoms with Crippen LogP contribution in [0, 0.1) is 6.92 Å². The number of hydrogen-bond donors (Lipinski definition) is 0. The summed E-state index contributed by atoms with van der Waals surface area (Å²) < 4.78 is 12.2. The number of methoxy groups -OCH3 is 1. The summed E-state index contributed by atoms with van der Waals surface area (Å²) in [4.78, 5) is 20.9. The number of amides is 1. The first-order chi connectivity index (χ1) is 14.6. The molecule has 1 aliphatic rings. The van der Waals surface area contributed by atoms with E-state index in [4.69, 9.17) is 14.5 Å². The summed E-state index contributed by atoms with van der Waals surface area (Å²) in [6.07, 6.45) is 2.58. The Labute approximate surface area is 185 Å². The molecule has 7 heteroatoms. The van der Waals surface area contributed by atoms with Gasteiger partial charge in [0.25, 0.3) is 0 Å². The molecule has 1 fully saturated rings. The molecule has 2 heterocycles. The highest BCUT2D eigenvalue weighted by Crippen LogP contribution is 2.33. The van der Waals surface area contributed by atoms with E-state index < -0.39 is 0 Å². The molecule has 0 N–H and O–H groups in total. The largest absolute Gasteiger partial charge is 0.497 e. The third kappa shape index (κ3) is 5.14. The molecule has 0 saturated carbocycles. The molecule has 4 rings (SSSR count). The van der Waals surface area contributed by atoms with Crippen molar-refractivity contribution >= 4 is 44.4 Å². The van der Waals surface area contributed by atoms with Crippen molar-refractivity contribution in [3.8, 4) is 5.75 Å². The van der Waals surface area contributed by atoms with E-state index in [9.17, 15) is 4.79 Å². The first kappa shape index (κ1) is 21.2. The second-order valence-electron chi connectivity index (χ2n) is 7.38. The van der Waals surface area contributed by atoms with E-state index in [1.54, 1.807) is 18.9 Å². The molecule has 1 aromatic heterocycles. The van der Waals surface area contributed by atoms with Crippen LogP contribution < -0.4 is 9.64 Å². The summed E-state index contributed by atoms with van der Waals surface area (Å²) in [5.41, 5.74) is 2.13. The Morgan fingerprint density at radius 1 is 1.30 bits per heavy atom. The van der Waals surface area contributed by atoms with Crippen LogP contribution in [0.3, 0.4) is 0 Å². The zero-order valence-electron chi connectivity index (χ0n) is 17.3. The number of ether oxygens (including phenoxy) is 2. The fourth-order valence-corrected chi connectivity index (χ4v) is 5.30. The van der Waals surface area contributed by atoms with Gasteiger partial charge in [0.05, 0.1) is 30.0 Å². The Morgan fingerprint density at radius 2 is 2.13 bits per heavy atom. The number of aryl methyl sites for hydroxylation is 1. The number of carbonyl (C=O) groups is 1. The average molecular weight is 443 g/mol. The van der Waals surface area contributed by atoms with E-state index in [1.165, 1.54) is 21.8 Å². The van der Waals surface area contributed by atoms with E-state index in [2.05, 4.69) is 31.2 Å². The SMILES string of the molecule is COc1ccc2nc(N(CC3CCCO3)C(=O)CCSc3ccc(C)cc3)sc2c1. The number of benzene rings is 2. The molecule has 0 radical (unpaired) electrons. The van der Waals surface area contributed by atoms with Crippen molar-refractivity contribution in [2.24, 2.45) is 0 Å². The number of thioether (sulfide) groups is 1. The van der Waals surface area contributed by atoms with Crippen molar-refractivity contribution in [2.45, 2.75) is 37.2 Å². The lowest BCUT2D eigenvalue weighted by molar-refractivity contribution is -0.118. The molecular weight excluding hydrogens is 416 g/mol. The van der Waals surface area contributed by atoms with Gasteiger partial charge < -0.3 is 9.47 Å². The summed E-state index contributed by atoms with van der Waals surface area (Å²) >= 11 is 3.24. The smallest absolute Gasteiger partial charge is 0.229 e. The average Bonchev–Trinajstić information content (AvgIpc) is 3.42. The van der Waals surface area contributed by atoms with Crippen LogP contribution >= 0.6 is 23.1 Å². The Bertz CT molecular complexity index is 997. The van der Waals surface area contributed by atoms with Crippen molar-refractivity contribution < 1.29 is 14.3 Å². The lowest BCUT2D eigenvalue weighted by Crippen LogP contribution is -2.37. The van der Waals surface area contributed by atoms with Crippen LogP contribution in [-0.4, -0.2) is 43.0 Å². The summed E-state index contributed by atoms with van der Waals surface area (Å²) in [6, 6.07) is 14.2. The monoisotopic (exact) mass is 442 g/mol. The van der Waals surface area contributed by atoms with Gasteiger partial charge in [-0.3, -0.25) is 9.69 Å². The van der Waals surface area contributed by atoms with Crippen LogP contribution in [0.25, 0.3) is 10.2 Å². The molecule has 158 valence electrons. The summed E-state index contributed by atoms with van der Waals surface area (Å²) in [7, 11) is 1.65. The highest BCUT2D eigenvalue weighted by atomic mass is 32.2. The van der Waals surface area contributed by atoms with Gasteiger partial charge in [-0.15, -0.1) is 11.8 Å². The number of fused-ring (bicyclic) bond motifs is 1. The molecule has 1 atom stereocenters. The lowest BCUT2D eigenvalue weighted by Gasteiger charge is -2.23. The Balaban J connectivity index is 1.48. The number of aromatic nitrogens is 1. The fraction of sp³-hybridized carbons (Fsp3) is 0.391. The van der Waals surface area contributed by atoms with Gasteiger partial charge in [0.2, 0.25) is 5.91 Å². The number of thiazole rings is 1. The van der Waals surface area contributed by atoms with Crippen LogP contribution in [0.2, 0.25) is 0 Å². The fourth-order valence-electron chi connectivity index (χ4n) is 3.44. The van der Waals surface area contributed by atoms with Crippen LogP contribution in [-0.2, 0) is 9.53 Å². The highest BCUT2D eigenvalue weighted by molar-refractivity contribution is 7.99. The molecule has 0 spiro atoms. The van der Waals surface area contributed by atoms with Crippen LogP contribution in [0.5, 0.6) is 5.75 Å². The number of hydrogen-bond acceptors (Lipinski definition) is 6. The van der Waals surface area contributed by atoms with Gasteiger partial charge >= 0.3 is 0 Å². The molecule has 3 aromatic rings. The van der Waals surface area contributed by atoms with Gasteiger partial charge in [-0.2, -0.15) is 0 Å². The number of nitrogens with zero attached hydrogens (tertiary/aromatic N) is 2. The topological polar surface area (TPSA) is 51.7 Å². The predicted octanol–water partition coefficient (Wildman–Crippen LogP) is 5.31. The number of rotatable bonds is 8. The van der Waals surface area contributed by atoms with E-state index in [0.717, 1.165) is 46.3 Å². The normalized spacial score (nSPS) is 16.1. The molecule has 0 aliphatic carbocycles. The van der Waals surface area contributed by atoms with Gasteiger partial charge in [0, 0.05) is 23.7 Å². The molecular formula is C23H26N2O3S2. The molecule has 1 unspecified atom stereocenters. The molecule has 2 aromatic carbocycles. The zero-order valence-corrected chi connectivity index (χ0v) is 18.9. The summed E-state index contributed by atoms with van der Waals surface area (Å²) in [5, 5.41) is 0.735. The molecule has 1 aliphatic heterocycles. The Morgan fingerprint density at radius 3 is 2.87 bits per heavy atom. The van der Waals surface area contributed by atoms with Crippen molar-refractivity contribution in [2.75, 3.05) is 30.9 Å². The maximum absolute atomic E-state index is 13.2. The third-order valence-corrected chi connectivity index (χ3v) is 7.19. The second-order valence-corrected chi connectivity index (χ2v) is 9.56. The molecule has 1 saturated heterocycles. The third-order valence-electron chi connectivity index (χ3n) is 5.13. The van der Waals surface area contributed by atoms with E-state index in [-0.39, 0.29) is 12.0 Å². The molecule has 0 bridgehead atoms. The quantitative estimate of drug-likeness (QED) is 0.443. The predicted molar refractivity (Wildman–Crippen MR) is 124 cm³/mol. The number of carbonyl (C=O) groups excluding carboxylic acids is 1. The van der Waals surface area contributed by atoms with Crippen LogP contribution in [0.4, 0.5) is 5.13 Å². The number of anilines is 1. The minimum absolute atomic E-state index is 0.0836. The van der Waals surface area contributed by atoms with Gasteiger partial charge in [-0.05, 0) is 50.1 Å². The van der Waals surface area contributed by atoms with Crippen molar-refractivity contribution in [3.05, 3.63) is 48.0 Å². The van der Waals surface area contributed by atoms with Crippen molar-refractivity contribution in [1.29, 1.82) is 0 Å². The Kier molecular flexibility index (Phi) is 6.92. The van der Waals surface area contributed by atoms with Crippen molar-refractivity contribution in [3.63, 3.8) is 0 Å². The van der Waals surface area contributed by atoms with Gasteiger partial charge in [0.15, 0.2) is 5.13 Å². The zero-order chi connectivity index (χ0) is 20.9. The van der Waals surface area contributed by atoms with E-state index in [1.807, 2.05) is 23.1 Å². The highest BCUT2D eigenvalue weighted by Gasteiger charge is 2.26. The maximum Gasteiger partial charge on any atom is 0.229 e. The minimum atomic E-state index is 0.0836. The summed E-state index contributed by atoms with van der Waals surface area (Å²) in [6.45, 7) is 3.41. The molecule has 1 amide bonds. The standard InChI is InChI=1S/C23H26N2O3S2/c1-16-5-8-19(9-6-16)29-13-11-22(26)25(15-18-4-3-12-28-18)23-24-20-10-7-17(27-2)14-21(20)30-23/h5-10,14,18H,3-4,11-13,15H2,1-2H3. The molecule has 5 nitrogen and oxygen atoms in total. The van der Waals surface area contributed by atoms with Crippen LogP contribution in [0.15, 0.2) is 47.4 Å². The van der Waals surface area contributed by atoms with E-state index in [0.29, 0.717) is 13.0 Å². The van der Waals surface area contributed by atoms with Crippen LogP contribution in [0.1, 0.15) is 24.8 Å². The second kappa shape index (κ2) is 9.81. The lowest BCUT2D eigenvalue weighted by atomic mass is 10.2. The van der Waals surface area contributed by atoms with Gasteiger partial charge in [-0.25, -0.2) is 4.98 Å². The van der Waals surface area contributed by atoms with E-state index >= 15 is 0 Å². The minimum Gasteiger partial charge on any atom is -0.497 e. The van der Waals surface area contributed by atoms with Crippen molar-refractivity contribution in [1.82, 2.24) is 4.98 Å². The maximum atomic E-state index is 13.2. The summed E-state index contributed by atoms with van der Waals surface area (Å²) in [5.74, 6) is 1.63. The van der Waals surface area contributed by atoms with Gasteiger partial charge in [-0.1, -0.05) is 29.0 Å². The van der Waals surface area contributed by atoms with Gasteiger partial charge in [0.1, 0.15) is 5.75 Å². The molecule has 30 heavy (non-hydrogen) atoms.